The molecule has 1 atom stereocenters. The van der Waals surface area contributed by atoms with Crippen LogP contribution in [0.5, 0.6) is 11.5 Å². The molecular weight excluding hydrogens is 396 g/mol. The number of carbonyl (C=O) groups excluding carboxylic acids is 1. The average Bonchev–Trinajstić information content (AvgIpc) is 2.80. The van der Waals surface area contributed by atoms with Crippen LogP contribution in [0.4, 0.5) is 0 Å². The minimum absolute atomic E-state index is 0.397. The number of hydrogen-bond donors (Lipinski definition) is 0. The van der Waals surface area contributed by atoms with Crippen LogP contribution in [0.3, 0.4) is 0 Å². The van der Waals surface area contributed by atoms with Crippen molar-refractivity contribution in [3.63, 3.8) is 0 Å². The Morgan fingerprint density at radius 1 is 0.900 bits per heavy atom. The third-order valence-corrected chi connectivity index (χ3v) is 5.35. The molecule has 5 heteroatoms. The van der Waals surface area contributed by atoms with Crippen molar-refractivity contribution in [3.05, 3.63) is 90.0 Å². The lowest BCUT2D eigenvalue weighted by Crippen LogP contribution is -2.30. The number of benzene rings is 3. The van der Waals surface area contributed by atoms with Crippen LogP contribution in [0.15, 0.2) is 83.8 Å². The van der Waals surface area contributed by atoms with E-state index in [0.717, 1.165) is 17.7 Å². The minimum atomic E-state index is -0.701. The van der Waals surface area contributed by atoms with Crippen LogP contribution in [-0.4, -0.2) is 32.0 Å². The fourth-order valence-electron chi connectivity index (χ4n) is 3.02. The summed E-state index contributed by atoms with van der Waals surface area (Å²) in [6.07, 6.45) is 2.65. The van der Waals surface area contributed by atoms with Gasteiger partial charge in [-0.25, -0.2) is 4.79 Å². The van der Waals surface area contributed by atoms with Crippen molar-refractivity contribution in [2.24, 2.45) is 0 Å². The Bertz CT molecular complexity index is 925. The first-order valence-electron chi connectivity index (χ1n) is 9.82. The molecular formula is C25H26O4S. The van der Waals surface area contributed by atoms with E-state index in [-0.39, 0.29) is 0 Å². The van der Waals surface area contributed by atoms with Crippen LogP contribution < -0.4 is 9.47 Å². The number of carbonyl (C=O) groups is 1. The summed E-state index contributed by atoms with van der Waals surface area (Å²) >= 11 is 1.74. The Labute approximate surface area is 182 Å². The molecule has 0 aliphatic heterocycles. The quantitative estimate of drug-likeness (QED) is 0.332. The lowest BCUT2D eigenvalue weighted by molar-refractivity contribution is -0.148. The van der Waals surface area contributed by atoms with Crippen molar-refractivity contribution in [2.75, 3.05) is 20.0 Å². The molecule has 1 unspecified atom stereocenters. The summed E-state index contributed by atoms with van der Waals surface area (Å²) in [4.78, 5) is 13.4. The number of ether oxygens (including phenoxy) is 3. The van der Waals surface area contributed by atoms with Crippen molar-refractivity contribution >= 4 is 17.7 Å². The first-order chi connectivity index (χ1) is 14.7. The van der Waals surface area contributed by atoms with Gasteiger partial charge in [0.25, 0.3) is 0 Å². The van der Waals surface area contributed by atoms with Gasteiger partial charge in [0.1, 0.15) is 11.5 Å². The summed E-state index contributed by atoms with van der Waals surface area (Å²) < 4.78 is 16.6. The van der Waals surface area contributed by atoms with Gasteiger partial charge in [-0.15, -0.1) is 11.8 Å². The highest BCUT2D eigenvalue weighted by atomic mass is 32.2. The molecule has 156 valence electrons. The van der Waals surface area contributed by atoms with Gasteiger partial charge in [0.05, 0.1) is 13.7 Å². The molecule has 0 amide bonds. The van der Waals surface area contributed by atoms with E-state index < -0.39 is 12.1 Å². The van der Waals surface area contributed by atoms with Crippen molar-refractivity contribution in [1.29, 1.82) is 0 Å². The Balaban J connectivity index is 1.54. The van der Waals surface area contributed by atoms with Gasteiger partial charge in [-0.1, -0.05) is 42.5 Å². The maximum absolute atomic E-state index is 12.1. The van der Waals surface area contributed by atoms with E-state index in [1.807, 2.05) is 54.6 Å². The Hall–Kier alpha value is -2.92. The summed E-state index contributed by atoms with van der Waals surface area (Å²) in [5, 5.41) is 0. The summed E-state index contributed by atoms with van der Waals surface area (Å²) in [6.45, 7) is 0.610. The third-order valence-electron chi connectivity index (χ3n) is 4.62. The lowest BCUT2D eigenvalue weighted by Gasteiger charge is -2.17. The lowest BCUT2D eigenvalue weighted by atomic mass is 10.1. The monoisotopic (exact) mass is 422 g/mol. The second-order valence-corrected chi connectivity index (χ2v) is 7.62. The predicted molar refractivity (Wildman–Crippen MR) is 120 cm³/mol. The van der Waals surface area contributed by atoms with Crippen LogP contribution in [0.25, 0.3) is 0 Å². The molecule has 0 aromatic heterocycles. The fraction of sp³-hybridized carbons (Fsp3) is 0.240. The van der Waals surface area contributed by atoms with E-state index in [0.29, 0.717) is 18.8 Å². The van der Waals surface area contributed by atoms with Gasteiger partial charge >= 0.3 is 5.97 Å². The minimum Gasteiger partial charge on any atom is -0.493 e. The van der Waals surface area contributed by atoms with Gasteiger partial charge in [-0.05, 0) is 53.8 Å². The molecule has 30 heavy (non-hydrogen) atoms. The standard InChI is InChI=1S/C25H26O4S/c1-27-25(26)24(29-22-8-4-3-5-9-22)18-20-11-13-21(14-12-20)28-16-15-19-7-6-10-23(17-19)30-2/h3-14,17,24H,15-16,18H2,1-2H3. The van der Waals surface area contributed by atoms with Crippen molar-refractivity contribution in [2.45, 2.75) is 23.8 Å². The molecule has 3 aromatic carbocycles. The molecule has 0 heterocycles. The largest absolute Gasteiger partial charge is 0.493 e. The molecule has 0 aliphatic rings. The SMILES string of the molecule is COC(=O)C(Cc1ccc(OCCc2cccc(SC)c2)cc1)Oc1ccccc1. The molecule has 0 saturated heterocycles. The second kappa shape index (κ2) is 11.3. The van der Waals surface area contributed by atoms with Gasteiger partial charge in [0.15, 0.2) is 6.10 Å². The van der Waals surface area contributed by atoms with Gasteiger partial charge in [0, 0.05) is 17.7 Å². The summed E-state index contributed by atoms with van der Waals surface area (Å²) in [5.74, 6) is 1.04. The number of hydrogen-bond acceptors (Lipinski definition) is 5. The highest BCUT2D eigenvalue weighted by molar-refractivity contribution is 7.98. The number of thioether (sulfide) groups is 1. The molecule has 0 radical (unpaired) electrons. The average molecular weight is 423 g/mol. The summed E-state index contributed by atoms with van der Waals surface area (Å²) in [5.41, 5.74) is 2.24. The molecule has 0 aliphatic carbocycles. The molecule has 3 rings (SSSR count). The molecule has 0 fully saturated rings. The highest BCUT2D eigenvalue weighted by Gasteiger charge is 2.21. The zero-order valence-corrected chi connectivity index (χ0v) is 18.1. The number of para-hydroxylation sites is 1. The van der Waals surface area contributed by atoms with Crippen LogP contribution in [0, 0.1) is 0 Å². The first-order valence-corrected chi connectivity index (χ1v) is 11.0. The second-order valence-electron chi connectivity index (χ2n) is 6.74. The van der Waals surface area contributed by atoms with E-state index >= 15 is 0 Å². The van der Waals surface area contributed by atoms with E-state index in [9.17, 15) is 4.79 Å². The normalized spacial score (nSPS) is 11.5. The number of methoxy groups -OCH3 is 1. The van der Waals surface area contributed by atoms with Gasteiger partial charge in [-0.3, -0.25) is 0 Å². The molecule has 3 aromatic rings. The Kier molecular flexibility index (Phi) is 8.21. The molecule has 0 N–H and O–H groups in total. The Morgan fingerprint density at radius 2 is 1.67 bits per heavy atom. The third kappa shape index (κ3) is 6.56. The van der Waals surface area contributed by atoms with Crippen molar-refractivity contribution in [3.8, 4) is 11.5 Å². The van der Waals surface area contributed by atoms with E-state index in [4.69, 9.17) is 14.2 Å². The zero-order valence-electron chi connectivity index (χ0n) is 17.2. The van der Waals surface area contributed by atoms with E-state index in [1.54, 1.807) is 11.8 Å². The van der Waals surface area contributed by atoms with Crippen LogP contribution in [0.2, 0.25) is 0 Å². The summed E-state index contributed by atoms with van der Waals surface area (Å²) in [6, 6.07) is 25.5. The zero-order chi connectivity index (χ0) is 21.2. The Morgan fingerprint density at radius 3 is 2.37 bits per heavy atom. The van der Waals surface area contributed by atoms with Crippen molar-refractivity contribution in [1.82, 2.24) is 0 Å². The van der Waals surface area contributed by atoms with E-state index in [2.05, 4.69) is 30.5 Å². The topological polar surface area (TPSA) is 44.8 Å². The predicted octanol–water partition coefficient (Wildman–Crippen LogP) is 5.19. The molecule has 0 saturated carbocycles. The fourth-order valence-corrected chi connectivity index (χ4v) is 3.50. The number of rotatable bonds is 10. The smallest absolute Gasteiger partial charge is 0.347 e. The van der Waals surface area contributed by atoms with Gasteiger partial charge in [0.2, 0.25) is 0 Å². The first kappa shape index (κ1) is 21.8. The summed E-state index contributed by atoms with van der Waals surface area (Å²) in [7, 11) is 1.37. The molecule has 4 nitrogen and oxygen atoms in total. The molecule has 0 bridgehead atoms. The van der Waals surface area contributed by atoms with Crippen LogP contribution >= 0.6 is 11.8 Å². The maximum Gasteiger partial charge on any atom is 0.347 e. The van der Waals surface area contributed by atoms with Gasteiger partial charge in [-0.2, -0.15) is 0 Å². The van der Waals surface area contributed by atoms with Gasteiger partial charge < -0.3 is 14.2 Å². The highest BCUT2D eigenvalue weighted by Crippen LogP contribution is 2.19. The maximum atomic E-state index is 12.1. The molecule has 0 spiro atoms. The number of esters is 1. The van der Waals surface area contributed by atoms with Crippen molar-refractivity contribution < 1.29 is 19.0 Å². The van der Waals surface area contributed by atoms with Crippen LogP contribution in [-0.2, 0) is 22.4 Å². The van der Waals surface area contributed by atoms with E-state index in [1.165, 1.54) is 17.6 Å². The van der Waals surface area contributed by atoms with Crippen LogP contribution in [0.1, 0.15) is 11.1 Å².